The van der Waals surface area contributed by atoms with Crippen molar-refractivity contribution in [2.45, 2.75) is 25.8 Å². The first-order chi connectivity index (χ1) is 13.5. The van der Waals surface area contributed by atoms with E-state index in [4.69, 9.17) is 16.7 Å². The summed E-state index contributed by atoms with van der Waals surface area (Å²) in [4.78, 5) is 0. The van der Waals surface area contributed by atoms with Crippen LogP contribution in [0.1, 0.15) is 36.1 Å². The molecule has 3 aromatic rings. The van der Waals surface area contributed by atoms with Gasteiger partial charge in [0.2, 0.25) is 0 Å². The summed E-state index contributed by atoms with van der Waals surface area (Å²) < 4.78 is 2.17. The lowest BCUT2D eigenvalue weighted by Gasteiger charge is -2.26. The molecule has 1 heterocycles. The third kappa shape index (κ3) is 4.05. The highest BCUT2D eigenvalue weighted by Gasteiger charge is 2.31. The van der Waals surface area contributed by atoms with Crippen molar-refractivity contribution in [3.63, 3.8) is 0 Å². The minimum atomic E-state index is 0.158. The summed E-state index contributed by atoms with van der Waals surface area (Å²) in [6.45, 7) is 2.18. The Hall–Kier alpha value is -1.62. The van der Waals surface area contributed by atoms with E-state index < -0.39 is 0 Å². The molecule has 0 bridgehead atoms. The number of hydrogen-bond donors (Lipinski definition) is 0. The molecular weight excluding hydrogens is 500 g/mol. The summed E-state index contributed by atoms with van der Waals surface area (Å²) in [6.07, 6.45) is 1.80. The third-order valence-corrected chi connectivity index (χ3v) is 6.29. The van der Waals surface area contributed by atoms with Crippen molar-refractivity contribution in [3.8, 4) is 0 Å². The number of benzene rings is 3. The average Bonchev–Trinajstić information content (AvgIpc) is 3.14. The van der Waals surface area contributed by atoms with Gasteiger partial charge in [-0.05, 0) is 65.6 Å². The molecule has 1 atom stereocenters. The summed E-state index contributed by atoms with van der Waals surface area (Å²) in [7, 11) is 0. The number of hydrogen-bond acceptors (Lipinski definition) is 2. The lowest BCUT2D eigenvalue weighted by molar-refractivity contribution is 0.705. The number of nitrogens with zero attached hydrogens (tertiary/aromatic N) is 2. The Balaban J connectivity index is 1.79. The van der Waals surface area contributed by atoms with E-state index in [1.807, 2.05) is 24.3 Å². The fourth-order valence-electron chi connectivity index (χ4n) is 3.55. The Bertz CT molecular complexity index is 1010. The van der Waals surface area contributed by atoms with Gasteiger partial charge < -0.3 is 0 Å². The zero-order valence-corrected chi connectivity index (χ0v) is 19.3. The van der Waals surface area contributed by atoms with Crippen LogP contribution in [0, 0.1) is 0 Å². The van der Waals surface area contributed by atoms with Gasteiger partial charge in [0.25, 0.3) is 0 Å². The molecule has 1 unspecified atom stereocenters. The Morgan fingerprint density at radius 2 is 1.64 bits per heavy atom. The van der Waals surface area contributed by atoms with Crippen LogP contribution in [-0.4, -0.2) is 5.71 Å². The first-order valence-electron chi connectivity index (χ1n) is 9.21. The minimum Gasteiger partial charge on any atom is -0.257 e. The highest BCUT2D eigenvalue weighted by atomic mass is 79.9. The molecular formula is C23H19Br2ClN2. The topological polar surface area (TPSA) is 15.6 Å². The maximum atomic E-state index is 6.08. The van der Waals surface area contributed by atoms with Crippen molar-refractivity contribution < 1.29 is 0 Å². The molecule has 0 saturated heterocycles. The molecule has 0 aromatic heterocycles. The fraction of sp³-hybridized carbons (Fsp3) is 0.174. The van der Waals surface area contributed by atoms with E-state index in [1.165, 1.54) is 11.1 Å². The highest BCUT2D eigenvalue weighted by molar-refractivity contribution is 9.10. The van der Waals surface area contributed by atoms with Gasteiger partial charge in [0, 0.05) is 20.4 Å². The predicted octanol–water partition coefficient (Wildman–Crippen LogP) is 7.78. The molecule has 0 saturated carbocycles. The Labute approximate surface area is 187 Å². The fourth-order valence-corrected chi connectivity index (χ4v) is 4.35. The number of anilines is 1. The van der Waals surface area contributed by atoms with Crippen molar-refractivity contribution >= 4 is 54.9 Å². The van der Waals surface area contributed by atoms with Gasteiger partial charge in [-0.1, -0.05) is 74.7 Å². The van der Waals surface area contributed by atoms with Crippen LogP contribution in [0.3, 0.4) is 0 Å². The molecule has 0 N–H and O–H groups in total. The van der Waals surface area contributed by atoms with E-state index >= 15 is 0 Å². The predicted molar refractivity (Wildman–Crippen MR) is 125 cm³/mol. The van der Waals surface area contributed by atoms with Crippen molar-refractivity contribution in [1.82, 2.24) is 0 Å². The highest BCUT2D eigenvalue weighted by Crippen LogP contribution is 2.39. The van der Waals surface area contributed by atoms with Gasteiger partial charge in [-0.15, -0.1) is 0 Å². The monoisotopic (exact) mass is 516 g/mol. The molecule has 1 aliphatic rings. The number of halogens is 3. The zero-order chi connectivity index (χ0) is 19.7. The lowest BCUT2D eigenvalue weighted by Crippen LogP contribution is -2.19. The summed E-state index contributed by atoms with van der Waals surface area (Å²) in [6, 6.07) is 23.1. The lowest BCUT2D eigenvalue weighted by atomic mass is 9.97. The van der Waals surface area contributed by atoms with Crippen LogP contribution in [0.2, 0.25) is 5.02 Å². The summed E-state index contributed by atoms with van der Waals surface area (Å²) in [5.74, 6) is 0. The Kier molecular flexibility index (Phi) is 5.91. The third-order valence-electron chi connectivity index (χ3n) is 5.01. The van der Waals surface area contributed by atoms with E-state index in [0.29, 0.717) is 0 Å². The smallest absolute Gasteiger partial charge is 0.0831 e. The van der Waals surface area contributed by atoms with Crippen molar-refractivity contribution in [2.75, 3.05) is 5.01 Å². The van der Waals surface area contributed by atoms with Crippen LogP contribution in [0.25, 0.3) is 0 Å². The maximum Gasteiger partial charge on any atom is 0.0831 e. The SMILES string of the molecule is CCc1cc(Br)ccc1N1N=C(c2ccc(Cl)cc2)CC1c1ccc(Br)cc1. The van der Waals surface area contributed by atoms with Gasteiger partial charge in [-0.2, -0.15) is 5.10 Å². The number of hydrazone groups is 1. The average molecular weight is 519 g/mol. The van der Waals surface area contributed by atoms with Crippen LogP contribution in [0.5, 0.6) is 0 Å². The number of aryl methyl sites for hydroxylation is 1. The molecule has 0 radical (unpaired) electrons. The van der Waals surface area contributed by atoms with E-state index in [1.54, 1.807) is 0 Å². The second-order valence-electron chi connectivity index (χ2n) is 6.80. The molecule has 2 nitrogen and oxygen atoms in total. The van der Waals surface area contributed by atoms with Gasteiger partial charge in [0.15, 0.2) is 0 Å². The molecule has 142 valence electrons. The first-order valence-corrected chi connectivity index (χ1v) is 11.2. The van der Waals surface area contributed by atoms with Gasteiger partial charge in [-0.3, -0.25) is 5.01 Å². The normalized spacial score (nSPS) is 16.4. The molecule has 4 rings (SSSR count). The van der Waals surface area contributed by atoms with E-state index in [9.17, 15) is 0 Å². The summed E-state index contributed by atoms with van der Waals surface area (Å²) in [5, 5.41) is 7.98. The van der Waals surface area contributed by atoms with E-state index in [2.05, 4.69) is 86.3 Å². The summed E-state index contributed by atoms with van der Waals surface area (Å²) in [5.41, 5.74) is 5.87. The molecule has 0 spiro atoms. The Morgan fingerprint density at radius 1 is 0.964 bits per heavy atom. The van der Waals surface area contributed by atoms with Gasteiger partial charge in [0.1, 0.15) is 0 Å². The van der Waals surface area contributed by atoms with Crippen molar-refractivity contribution in [1.29, 1.82) is 0 Å². The molecule has 0 amide bonds. The largest absolute Gasteiger partial charge is 0.257 e. The van der Waals surface area contributed by atoms with E-state index in [-0.39, 0.29) is 6.04 Å². The molecule has 3 aromatic carbocycles. The summed E-state index contributed by atoms with van der Waals surface area (Å²) >= 11 is 13.2. The van der Waals surface area contributed by atoms with Gasteiger partial charge in [-0.25, -0.2) is 0 Å². The second-order valence-corrected chi connectivity index (χ2v) is 9.06. The van der Waals surface area contributed by atoms with Gasteiger partial charge >= 0.3 is 0 Å². The molecule has 0 fully saturated rings. The Morgan fingerprint density at radius 3 is 2.32 bits per heavy atom. The van der Waals surface area contributed by atoms with Crippen LogP contribution in [0.15, 0.2) is 80.8 Å². The molecule has 28 heavy (non-hydrogen) atoms. The standard InChI is InChI=1S/C23H19Br2ClN2/c1-2-15-13-19(25)9-12-22(15)28-23(17-3-7-18(24)8-4-17)14-21(27-28)16-5-10-20(26)11-6-16/h3-13,23H,2,14H2,1H3. The first kappa shape index (κ1) is 19.7. The second kappa shape index (κ2) is 8.40. The van der Waals surface area contributed by atoms with E-state index in [0.717, 1.165) is 43.8 Å². The van der Waals surface area contributed by atoms with Crippen LogP contribution >= 0.6 is 43.5 Å². The van der Waals surface area contributed by atoms with Crippen molar-refractivity contribution in [3.05, 3.63) is 97.4 Å². The number of rotatable bonds is 4. The van der Waals surface area contributed by atoms with Crippen LogP contribution < -0.4 is 5.01 Å². The molecule has 5 heteroatoms. The van der Waals surface area contributed by atoms with Crippen LogP contribution in [0.4, 0.5) is 5.69 Å². The molecule has 0 aliphatic carbocycles. The minimum absolute atomic E-state index is 0.158. The molecule has 1 aliphatic heterocycles. The zero-order valence-electron chi connectivity index (χ0n) is 15.4. The maximum absolute atomic E-state index is 6.08. The quantitative estimate of drug-likeness (QED) is 0.344. The van der Waals surface area contributed by atoms with Crippen molar-refractivity contribution in [2.24, 2.45) is 5.10 Å². The van der Waals surface area contributed by atoms with Gasteiger partial charge in [0.05, 0.1) is 17.4 Å². The van der Waals surface area contributed by atoms with Crippen LogP contribution in [-0.2, 0) is 6.42 Å².